The largest absolute Gasteiger partial charge is 0.481 e. The topological polar surface area (TPSA) is 69.6 Å². The lowest BCUT2D eigenvalue weighted by Crippen LogP contribution is -2.48. The van der Waals surface area contributed by atoms with Gasteiger partial charge in [0.05, 0.1) is 5.92 Å². The van der Waals surface area contributed by atoms with Crippen molar-refractivity contribution in [3.8, 4) is 0 Å². The average Bonchev–Trinajstić information content (AvgIpc) is 2.25. The van der Waals surface area contributed by atoms with Crippen molar-refractivity contribution in [1.29, 1.82) is 0 Å². The minimum Gasteiger partial charge on any atom is -0.481 e. The van der Waals surface area contributed by atoms with Crippen LogP contribution in [0.3, 0.4) is 0 Å². The minimum absolute atomic E-state index is 0.0109. The first-order valence-corrected chi connectivity index (χ1v) is 6.34. The predicted molar refractivity (Wildman–Crippen MR) is 71.5 cm³/mol. The number of amides is 2. The van der Waals surface area contributed by atoms with Crippen molar-refractivity contribution in [1.82, 2.24) is 10.2 Å². The number of carboxylic acid groups (broad SMARTS) is 1. The van der Waals surface area contributed by atoms with E-state index in [0.29, 0.717) is 6.42 Å². The number of aliphatic carboxylic acids is 1. The maximum atomic E-state index is 11.9. The molecule has 0 aromatic heterocycles. The van der Waals surface area contributed by atoms with E-state index >= 15 is 0 Å². The normalized spacial score (nSPS) is 14.8. The Kier molecular flexibility index (Phi) is 6.15. The van der Waals surface area contributed by atoms with Crippen LogP contribution in [0.2, 0.25) is 0 Å². The summed E-state index contributed by atoms with van der Waals surface area (Å²) in [7, 11) is 1.73. The summed E-state index contributed by atoms with van der Waals surface area (Å²) >= 11 is 0. The molecule has 0 bridgehead atoms. The first-order valence-electron chi connectivity index (χ1n) is 6.34. The molecule has 0 aromatic rings. The van der Waals surface area contributed by atoms with E-state index in [4.69, 9.17) is 5.11 Å². The van der Waals surface area contributed by atoms with Gasteiger partial charge in [0, 0.05) is 19.6 Å². The van der Waals surface area contributed by atoms with Crippen LogP contribution in [0.15, 0.2) is 0 Å². The molecule has 2 amide bonds. The van der Waals surface area contributed by atoms with Crippen LogP contribution in [0, 0.1) is 11.3 Å². The third-order valence-electron chi connectivity index (χ3n) is 3.50. The van der Waals surface area contributed by atoms with Gasteiger partial charge in [0.25, 0.3) is 0 Å². The van der Waals surface area contributed by atoms with Gasteiger partial charge < -0.3 is 15.3 Å². The molecule has 0 fully saturated rings. The standard InChI is InChI=1S/C13H26N2O3/c1-7-10(11(16)17)8-14-12(18)15(6)9(2)13(3,4)5/h9-10H,7-8H2,1-6H3,(H,14,18)(H,16,17). The van der Waals surface area contributed by atoms with Crippen LogP contribution in [-0.2, 0) is 4.79 Å². The fourth-order valence-electron chi connectivity index (χ4n) is 1.50. The highest BCUT2D eigenvalue weighted by atomic mass is 16.4. The fourth-order valence-corrected chi connectivity index (χ4v) is 1.50. The van der Waals surface area contributed by atoms with Gasteiger partial charge in [-0.2, -0.15) is 0 Å². The Morgan fingerprint density at radius 3 is 2.17 bits per heavy atom. The monoisotopic (exact) mass is 258 g/mol. The molecule has 2 atom stereocenters. The SMILES string of the molecule is CCC(CNC(=O)N(C)C(C)C(C)(C)C)C(=O)O. The van der Waals surface area contributed by atoms with Crippen LogP contribution < -0.4 is 5.32 Å². The third-order valence-corrected chi connectivity index (χ3v) is 3.50. The molecule has 0 aliphatic rings. The second-order valence-electron chi connectivity index (χ2n) is 5.78. The zero-order valence-electron chi connectivity index (χ0n) is 12.3. The zero-order chi connectivity index (χ0) is 14.5. The number of nitrogens with zero attached hydrogens (tertiary/aromatic N) is 1. The number of urea groups is 1. The lowest BCUT2D eigenvalue weighted by molar-refractivity contribution is -0.141. The van der Waals surface area contributed by atoms with Crippen molar-refractivity contribution < 1.29 is 14.7 Å². The summed E-state index contributed by atoms with van der Waals surface area (Å²) in [5.41, 5.74) is -0.0109. The van der Waals surface area contributed by atoms with E-state index in [2.05, 4.69) is 26.1 Å². The molecule has 0 rings (SSSR count). The van der Waals surface area contributed by atoms with E-state index in [-0.39, 0.29) is 24.0 Å². The molecule has 2 N–H and O–H groups in total. The van der Waals surface area contributed by atoms with E-state index in [1.165, 1.54) is 0 Å². The summed E-state index contributed by atoms with van der Waals surface area (Å²) < 4.78 is 0. The Bertz CT molecular complexity index is 297. The zero-order valence-corrected chi connectivity index (χ0v) is 12.3. The van der Waals surface area contributed by atoms with E-state index in [1.807, 2.05) is 6.92 Å². The van der Waals surface area contributed by atoms with Crippen molar-refractivity contribution in [2.24, 2.45) is 11.3 Å². The van der Waals surface area contributed by atoms with Gasteiger partial charge in [-0.1, -0.05) is 27.7 Å². The van der Waals surface area contributed by atoms with Gasteiger partial charge in [0.15, 0.2) is 0 Å². The van der Waals surface area contributed by atoms with Crippen molar-refractivity contribution in [2.75, 3.05) is 13.6 Å². The van der Waals surface area contributed by atoms with Crippen molar-refractivity contribution >= 4 is 12.0 Å². The molecule has 0 aromatic carbocycles. The average molecular weight is 258 g/mol. The van der Waals surface area contributed by atoms with E-state index in [1.54, 1.807) is 18.9 Å². The van der Waals surface area contributed by atoms with E-state index in [9.17, 15) is 9.59 Å². The summed E-state index contributed by atoms with van der Waals surface area (Å²) in [6, 6.07) is -0.153. The summed E-state index contributed by atoms with van der Waals surface area (Å²) in [4.78, 5) is 24.4. The van der Waals surface area contributed by atoms with E-state index < -0.39 is 11.9 Å². The first-order chi connectivity index (χ1) is 8.11. The minimum atomic E-state index is -0.871. The van der Waals surface area contributed by atoms with Gasteiger partial charge in [0.2, 0.25) is 0 Å². The number of rotatable bonds is 5. The van der Waals surface area contributed by atoms with Gasteiger partial charge in [-0.05, 0) is 18.8 Å². The van der Waals surface area contributed by atoms with Gasteiger partial charge in [-0.3, -0.25) is 4.79 Å². The van der Waals surface area contributed by atoms with Crippen LogP contribution in [0.1, 0.15) is 41.0 Å². The lowest BCUT2D eigenvalue weighted by Gasteiger charge is -2.35. The Labute approximate surface area is 110 Å². The van der Waals surface area contributed by atoms with Crippen LogP contribution in [0.4, 0.5) is 4.79 Å². The molecule has 0 saturated carbocycles. The molecule has 0 saturated heterocycles. The van der Waals surface area contributed by atoms with Gasteiger partial charge in [-0.25, -0.2) is 4.79 Å². The highest BCUT2D eigenvalue weighted by molar-refractivity contribution is 5.76. The number of carboxylic acids is 1. The number of nitrogens with one attached hydrogen (secondary N) is 1. The number of carbonyl (C=O) groups excluding carboxylic acids is 1. The molecule has 2 unspecified atom stereocenters. The van der Waals surface area contributed by atoms with Crippen molar-refractivity contribution in [3.63, 3.8) is 0 Å². The van der Waals surface area contributed by atoms with E-state index in [0.717, 1.165) is 0 Å². The number of hydrogen-bond acceptors (Lipinski definition) is 2. The quantitative estimate of drug-likeness (QED) is 0.794. The fraction of sp³-hybridized carbons (Fsp3) is 0.846. The molecule has 106 valence electrons. The van der Waals surface area contributed by atoms with Gasteiger partial charge in [-0.15, -0.1) is 0 Å². The summed E-state index contributed by atoms with van der Waals surface area (Å²) in [5.74, 6) is -1.39. The highest BCUT2D eigenvalue weighted by Crippen LogP contribution is 2.22. The van der Waals surface area contributed by atoms with Crippen LogP contribution >= 0.6 is 0 Å². The molecule has 0 heterocycles. The third kappa shape index (κ3) is 4.94. The second-order valence-corrected chi connectivity index (χ2v) is 5.78. The Morgan fingerprint density at radius 2 is 1.83 bits per heavy atom. The Morgan fingerprint density at radius 1 is 1.33 bits per heavy atom. The number of hydrogen-bond donors (Lipinski definition) is 2. The molecular formula is C13H26N2O3. The van der Waals surface area contributed by atoms with Crippen LogP contribution in [0.25, 0.3) is 0 Å². The molecule has 0 radical (unpaired) electrons. The van der Waals surface area contributed by atoms with Crippen molar-refractivity contribution in [2.45, 2.75) is 47.1 Å². The Balaban J connectivity index is 4.37. The number of carbonyl (C=O) groups is 2. The van der Waals surface area contributed by atoms with Crippen LogP contribution in [-0.4, -0.2) is 41.6 Å². The lowest BCUT2D eigenvalue weighted by atomic mass is 9.87. The molecule has 5 heteroatoms. The molecule has 0 aliphatic carbocycles. The molecule has 5 nitrogen and oxygen atoms in total. The second kappa shape index (κ2) is 6.61. The molecule has 18 heavy (non-hydrogen) atoms. The first kappa shape index (κ1) is 16.7. The summed E-state index contributed by atoms with van der Waals surface area (Å²) in [6.07, 6.45) is 0.508. The summed E-state index contributed by atoms with van der Waals surface area (Å²) in [6.45, 7) is 10.1. The molecule has 0 aliphatic heterocycles. The van der Waals surface area contributed by atoms with Crippen molar-refractivity contribution in [3.05, 3.63) is 0 Å². The Hall–Kier alpha value is -1.26. The van der Waals surface area contributed by atoms with Gasteiger partial charge in [0.1, 0.15) is 0 Å². The van der Waals surface area contributed by atoms with Gasteiger partial charge >= 0.3 is 12.0 Å². The smallest absolute Gasteiger partial charge is 0.317 e. The highest BCUT2D eigenvalue weighted by Gasteiger charge is 2.27. The molecular weight excluding hydrogens is 232 g/mol. The summed E-state index contributed by atoms with van der Waals surface area (Å²) in [5, 5.41) is 11.6. The molecule has 0 spiro atoms. The van der Waals surface area contributed by atoms with Crippen LogP contribution in [0.5, 0.6) is 0 Å². The maximum absolute atomic E-state index is 11.9. The maximum Gasteiger partial charge on any atom is 0.317 e. The predicted octanol–water partition coefficient (Wildman–Crippen LogP) is 2.17.